The van der Waals surface area contributed by atoms with Crippen LogP contribution in [0.4, 0.5) is 0 Å². The first kappa shape index (κ1) is 9.34. The highest BCUT2D eigenvalue weighted by atomic mass is 79.9. The zero-order valence-electron chi connectivity index (χ0n) is 7.70. The van der Waals surface area contributed by atoms with Gasteiger partial charge in [-0.2, -0.15) is 4.57 Å². The molecule has 70 valence electrons. The topological polar surface area (TPSA) is 20.9 Å². The first-order chi connectivity index (χ1) is 6.72. The lowest BCUT2D eigenvalue weighted by atomic mass is 10.1. The van der Waals surface area contributed by atoms with Crippen molar-refractivity contribution in [1.82, 2.24) is 0 Å². The summed E-state index contributed by atoms with van der Waals surface area (Å²) >= 11 is 3.40. The van der Waals surface area contributed by atoms with E-state index in [1.165, 1.54) is 0 Å². The fourth-order valence-electron chi connectivity index (χ4n) is 1.51. The highest BCUT2D eigenvalue weighted by Gasteiger charge is 2.10. The van der Waals surface area contributed by atoms with Gasteiger partial charge in [-0.1, -0.05) is 15.9 Å². The molecule has 14 heavy (non-hydrogen) atoms. The minimum Gasteiger partial charge on any atom is -0.291 e. The molecule has 0 radical (unpaired) electrons. The molecule has 0 saturated carbocycles. The number of aryl methyl sites for hydroxylation is 1. The maximum Gasteiger partial charge on any atom is 0.253 e. The van der Waals surface area contributed by atoms with E-state index in [4.69, 9.17) is 0 Å². The summed E-state index contributed by atoms with van der Waals surface area (Å²) in [4.78, 5) is 10.9. The third kappa shape index (κ3) is 1.44. The number of halogens is 1. The zero-order valence-corrected chi connectivity index (χ0v) is 9.28. The number of aromatic nitrogens is 1. The van der Waals surface area contributed by atoms with Crippen molar-refractivity contribution in [2.75, 3.05) is 0 Å². The van der Waals surface area contributed by atoms with Gasteiger partial charge in [0, 0.05) is 10.5 Å². The SMILES string of the molecule is C[n+]1ccc2cc(Br)ccc2c1C=O. The van der Waals surface area contributed by atoms with Crippen molar-refractivity contribution >= 4 is 33.0 Å². The van der Waals surface area contributed by atoms with E-state index < -0.39 is 0 Å². The van der Waals surface area contributed by atoms with E-state index in [-0.39, 0.29) is 0 Å². The Morgan fingerprint density at radius 2 is 2.14 bits per heavy atom. The molecule has 0 amide bonds. The Kier molecular flexibility index (Phi) is 2.33. The van der Waals surface area contributed by atoms with Crippen LogP contribution >= 0.6 is 15.9 Å². The summed E-state index contributed by atoms with van der Waals surface area (Å²) in [5, 5.41) is 2.05. The molecule has 2 aromatic rings. The summed E-state index contributed by atoms with van der Waals surface area (Å²) in [6.07, 6.45) is 2.77. The Labute approximate surface area is 90.3 Å². The summed E-state index contributed by atoms with van der Waals surface area (Å²) in [6, 6.07) is 7.88. The highest BCUT2D eigenvalue weighted by Crippen LogP contribution is 2.19. The van der Waals surface area contributed by atoms with Crippen molar-refractivity contribution in [2.45, 2.75) is 0 Å². The van der Waals surface area contributed by atoms with Crippen LogP contribution in [0.25, 0.3) is 10.8 Å². The van der Waals surface area contributed by atoms with Gasteiger partial charge in [-0.3, -0.25) is 4.79 Å². The smallest absolute Gasteiger partial charge is 0.253 e. The van der Waals surface area contributed by atoms with Crippen LogP contribution in [0.3, 0.4) is 0 Å². The molecule has 2 rings (SSSR count). The predicted molar refractivity (Wildman–Crippen MR) is 58.2 cm³/mol. The molecule has 0 fully saturated rings. The third-order valence-electron chi connectivity index (χ3n) is 2.26. The van der Waals surface area contributed by atoms with E-state index in [0.29, 0.717) is 5.69 Å². The average Bonchev–Trinajstić information content (AvgIpc) is 2.18. The fraction of sp³-hybridized carbons (Fsp3) is 0.0909. The van der Waals surface area contributed by atoms with Gasteiger partial charge in [-0.05, 0) is 23.6 Å². The Bertz CT molecular complexity index is 508. The van der Waals surface area contributed by atoms with E-state index in [1.807, 2.05) is 42.1 Å². The number of benzene rings is 1. The second-order valence-electron chi connectivity index (χ2n) is 3.16. The van der Waals surface area contributed by atoms with Crippen molar-refractivity contribution in [3.8, 4) is 0 Å². The van der Waals surface area contributed by atoms with Gasteiger partial charge in [0.2, 0.25) is 6.29 Å². The molecule has 1 aromatic heterocycles. The van der Waals surface area contributed by atoms with Crippen LogP contribution in [0.2, 0.25) is 0 Å². The molecular weight excluding hydrogens is 242 g/mol. The van der Waals surface area contributed by atoms with Crippen molar-refractivity contribution in [3.63, 3.8) is 0 Å². The zero-order chi connectivity index (χ0) is 10.1. The normalized spacial score (nSPS) is 10.4. The molecule has 0 atom stereocenters. The number of pyridine rings is 1. The Hall–Kier alpha value is -1.22. The first-order valence-electron chi connectivity index (χ1n) is 4.25. The van der Waals surface area contributed by atoms with Gasteiger partial charge in [0.15, 0.2) is 6.20 Å². The maximum absolute atomic E-state index is 10.9. The van der Waals surface area contributed by atoms with Crippen LogP contribution in [0.5, 0.6) is 0 Å². The number of hydrogen-bond acceptors (Lipinski definition) is 1. The van der Waals surface area contributed by atoms with Crippen molar-refractivity contribution in [3.05, 3.63) is 40.6 Å². The minimum absolute atomic E-state index is 0.704. The molecule has 0 aliphatic carbocycles. The van der Waals surface area contributed by atoms with Crippen LogP contribution < -0.4 is 4.57 Å². The summed E-state index contributed by atoms with van der Waals surface area (Å²) < 4.78 is 2.85. The lowest BCUT2D eigenvalue weighted by Crippen LogP contribution is -2.32. The molecule has 0 aliphatic rings. The number of carbonyl (C=O) groups excluding carboxylic acids is 1. The Balaban J connectivity index is 2.88. The molecule has 1 heterocycles. The van der Waals surface area contributed by atoms with Crippen LogP contribution in [-0.2, 0) is 7.05 Å². The fourth-order valence-corrected chi connectivity index (χ4v) is 1.89. The first-order valence-corrected chi connectivity index (χ1v) is 5.05. The van der Waals surface area contributed by atoms with Gasteiger partial charge in [0.25, 0.3) is 5.69 Å². The maximum atomic E-state index is 10.9. The molecule has 3 heteroatoms. The van der Waals surface area contributed by atoms with Gasteiger partial charge in [-0.25, -0.2) is 0 Å². The van der Waals surface area contributed by atoms with Gasteiger partial charge in [0.1, 0.15) is 7.05 Å². The quantitative estimate of drug-likeness (QED) is 0.562. The number of rotatable bonds is 1. The molecule has 0 unspecified atom stereocenters. The van der Waals surface area contributed by atoms with E-state index in [1.54, 1.807) is 0 Å². The number of fused-ring (bicyclic) bond motifs is 1. The molecule has 0 saturated heterocycles. The van der Waals surface area contributed by atoms with Gasteiger partial charge >= 0.3 is 0 Å². The lowest BCUT2D eigenvalue weighted by Gasteiger charge is -1.99. The minimum atomic E-state index is 0.704. The molecule has 1 aromatic carbocycles. The molecular formula is C11H9BrNO+. The van der Waals surface area contributed by atoms with Crippen LogP contribution in [0.1, 0.15) is 10.5 Å². The standard InChI is InChI=1S/C11H9BrNO/c1-13-5-4-8-6-9(12)2-3-10(8)11(13)7-14/h2-7H,1H3/q+1. The van der Waals surface area contributed by atoms with E-state index in [2.05, 4.69) is 15.9 Å². The summed E-state index contributed by atoms with van der Waals surface area (Å²) in [5.41, 5.74) is 0.704. The summed E-state index contributed by atoms with van der Waals surface area (Å²) in [5.74, 6) is 0. The Morgan fingerprint density at radius 1 is 1.36 bits per heavy atom. The molecule has 0 spiro atoms. The van der Waals surface area contributed by atoms with Crippen LogP contribution in [0, 0.1) is 0 Å². The second kappa shape index (κ2) is 3.50. The van der Waals surface area contributed by atoms with E-state index in [9.17, 15) is 4.79 Å². The largest absolute Gasteiger partial charge is 0.291 e. The van der Waals surface area contributed by atoms with Crippen LogP contribution in [-0.4, -0.2) is 6.29 Å². The number of hydrogen-bond donors (Lipinski definition) is 0. The number of nitrogens with zero attached hydrogens (tertiary/aromatic N) is 1. The van der Waals surface area contributed by atoms with Crippen molar-refractivity contribution < 1.29 is 9.36 Å². The molecule has 0 N–H and O–H groups in total. The summed E-state index contributed by atoms with van der Waals surface area (Å²) in [6.45, 7) is 0. The summed E-state index contributed by atoms with van der Waals surface area (Å²) in [7, 11) is 1.87. The molecule has 0 aliphatic heterocycles. The van der Waals surface area contributed by atoms with Crippen LogP contribution in [0.15, 0.2) is 34.9 Å². The average molecular weight is 251 g/mol. The molecule has 0 bridgehead atoms. The predicted octanol–water partition coefficient (Wildman–Crippen LogP) is 2.24. The van der Waals surface area contributed by atoms with E-state index >= 15 is 0 Å². The third-order valence-corrected chi connectivity index (χ3v) is 2.75. The van der Waals surface area contributed by atoms with E-state index in [0.717, 1.165) is 21.5 Å². The van der Waals surface area contributed by atoms with Crippen molar-refractivity contribution in [1.29, 1.82) is 0 Å². The lowest BCUT2D eigenvalue weighted by molar-refractivity contribution is -0.671. The molecule has 2 nitrogen and oxygen atoms in total. The number of aldehydes is 1. The highest BCUT2D eigenvalue weighted by molar-refractivity contribution is 9.10. The monoisotopic (exact) mass is 250 g/mol. The number of carbonyl (C=O) groups is 1. The second-order valence-corrected chi connectivity index (χ2v) is 4.08. The van der Waals surface area contributed by atoms with Gasteiger partial charge < -0.3 is 0 Å². The van der Waals surface area contributed by atoms with Gasteiger partial charge in [-0.15, -0.1) is 0 Å². The Morgan fingerprint density at radius 3 is 2.86 bits per heavy atom. The van der Waals surface area contributed by atoms with Gasteiger partial charge in [0.05, 0.1) is 5.39 Å². The van der Waals surface area contributed by atoms with Crippen molar-refractivity contribution in [2.24, 2.45) is 7.05 Å².